The number of rotatable bonds is 1. The maximum atomic E-state index is 14.7. The molecular weight excluding hydrogens is 385 g/mol. The second kappa shape index (κ2) is 6.41. The van der Waals surface area contributed by atoms with Crippen LogP contribution in [0.4, 0.5) is 10.2 Å². The van der Waals surface area contributed by atoms with E-state index in [2.05, 4.69) is 20.5 Å². The quantitative estimate of drug-likeness (QED) is 0.522. The van der Waals surface area contributed by atoms with Crippen LogP contribution in [0.5, 0.6) is 11.5 Å². The average Bonchev–Trinajstić information content (AvgIpc) is 3.39. The number of hydrogen-bond donors (Lipinski definition) is 1. The Balaban J connectivity index is 1.52. The van der Waals surface area contributed by atoms with E-state index >= 15 is 0 Å². The molecule has 6 rings (SSSR count). The van der Waals surface area contributed by atoms with Gasteiger partial charge in [-0.05, 0) is 42.8 Å². The first-order valence-electron chi connectivity index (χ1n) is 9.79. The summed E-state index contributed by atoms with van der Waals surface area (Å²) in [4.78, 5) is 4.28. The maximum Gasteiger partial charge on any atom is 0.170 e. The minimum atomic E-state index is -0.246. The fourth-order valence-electron chi connectivity index (χ4n) is 4.31. The highest BCUT2D eigenvalue weighted by molar-refractivity contribution is 5.82. The lowest BCUT2D eigenvalue weighted by atomic mass is 9.96. The third-order valence-corrected chi connectivity index (χ3v) is 5.73. The number of hydrogen-bond acceptors (Lipinski definition) is 6. The number of aryl methyl sites for hydroxylation is 1. The number of benzene rings is 1. The van der Waals surface area contributed by atoms with Gasteiger partial charge in [-0.15, -0.1) is 10.2 Å². The van der Waals surface area contributed by atoms with Crippen LogP contribution < -0.4 is 14.8 Å². The van der Waals surface area contributed by atoms with Gasteiger partial charge in [0.1, 0.15) is 17.9 Å². The molecule has 0 saturated heterocycles. The van der Waals surface area contributed by atoms with Gasteiger partial charge in [-0.3, -0.25) is 9.38 Å². The fourth-order valence-corrected chi connectivity index (χ4v) is 4.31. The van der Waals surface area contributed by atoms with Crippen LogP contribution >= 0.6 is 0 Å². The standard InChI is InChI=1S/C22H18FN5O2/c1-12-6-13(4-5-24-12)15-7-19-22(28-11-26-27-21(15)28)25-8-16-17(23)2-3-18-20(16)14(9-29-18)10-30-19/h2-7,11,14,25H,8-10H2,1H3/t14-/m1/s1. The lowest BCUT2D eigenvalue weighted by molar-refractivity contribution is 0.249. The summed E-state index contributed by atoms with van der Waals surface area (Å²) < 4.78 is 28.6. The Morgan fingerprint density at radius 3 is 2.87 bits per heavy atom. The molecule has 0 amide bonds. The van der Waals surface area contributed by atoms with Crippen molar-refractivity contribution in [3.63, 3.8) is 0 Å². The van der Waals surface area contributed by atoms with Crippen molar-refractivity contribution < 1.29 is 13.9 Å². The zero-order valence-corrected chi connectivity index (χ0v) is 16.2. The monoisotopic (exact) mass is 403 g/mol. The fraction of sp³-hybridized carbons (Fsp3) is 0.227. The molecule has 0 saturated carbocycles. The number of halogens is 1. The van der Waals surface area contributed by atoms with Crippen molar-refractivity contribution in [1.29, 1.82) is 0 Å². The van der Waals surface area contributed by atoms with Gasteiger partial charge >= 0.3 is 0 Å². The molecule has 0 radical (unpaired) electrons. The van der Waals surface area contributed by atoms with Crippen molar-refractivity contribution in [2.45, 2.75) is 19.4 Å². The Kier molecular flexibility index (Phi) is 3.68. The summed E-state index contributed by atoms with van der Waals surface area (Å²) in [5, 5.41) is 11.8. The summed E-state index contributed by atoms with van der Waals surface area (Å²) in [5.41, 5.74) is 4.98. The van der Waals surface area contributed by atoms with Crippen LogP contribution in [-0.4, -0.2) is 32.8 Å². The molecule has 1 atom stereocenters. The molecule has 150 valence electrons. The van der Waals surface area contributed by atoms with Crippen molar-refractivity contribution in [3.8, 4) is 22.6 Å². The molecule has 0 spiro atoms. The van der Waals surface area contributed by atoms with Gasteiger partial charge in [0.05, 0.1) is 19.1 Å². The molecule has 3 aromatic heterocycles. The molecule has 1 N–H and O–H groups in total. The smallest absolute Gasteiger partial charge is 0.170 e. The molecule has 4 aromatic rings. The summed E-state index contributed by atoms with van der Waals surface area (Å²) in [5.74, 6) is 1.82. The topological polar surface area (TPSA) is 73.6 Å². The van der Waals surface area contributed by atoms with Gasteiger partial charge < -0.3 is 14.8 Å². The van der Waals surface area contributed by atoms with Crippen LogP contribution in [-0.2, 0) is 6.54 Å². The normalized spacial score (nSPS) is 17.1. The van der Waals surface area contributed by atoms with Gasteiger partial charge in [-0.25, -0.2) is 4.39 Å². The second-order valence-corrected chi connectivity index (χ2v) is 7.59. The van der Waals surface area contributed by atoms with Crippen LogP contribution in [0.15, 0.2) is 42.9 Å². The zero-order chi connectivity index (χ0) is 20.2. The molecule has 2 aliphatic rings. The number of pyridine rings is 2. The number of aromatic nitrogens is 4. The van der Waals surface area contributed by atoms with Crippen molar-refractivity contribution >= 4 is 11.5 Å². The Morgan fingerprint density at radius 1 is 1.13 bits per heavy atom. The van der Waals surface area contributed by atoms with Gasteiger partial charge in [-0.2, -0.15) is 0 Å². The summed E-state index contributed by atoms with van der Waals surface area (Å²) in [6, 6.07) is 9.06. The largest absolute Gasteiger partial charge is 0.493 e. The lowest BCUT2D eigenvalue weighted by Crippen LogP contribution is -2.13. The lowest BCUT2D eigenvalue weighted by Gasteiger charge is -2.16. The van der Waals surface area contributed by atoms with Crippen LogP contribution in [0, 0.1) is 12.7 Å². The first kappa shape index (κ1) is 17.2. The third-order valence-electron chi connectivity index (χ3n) is 5.73. The van der Waals surface area contributed by atoms with Crippen molar-refractivity contribution in [2.24, 2.45) is 0 Å². The molecule has 0 aliphatic carbocycles. The highest BCUT2D eigenvalue weighted by Crippen LogP contribution is 2.41. The van der Waals surface area contributed by atoms with Gasteiger partial charge in [0.15, 0.2) is 17.2 Å². The van der Waals surface area contributed by atoms with E-state index in [1.54, 1.807) is 18.6 Å². The van der Waals surface area contributed by atoms with Crippen LogP contribution in [0.25, 0.3) is 16.8 Å². The van der Waals surface area contributed by atoms with Crippen molar-refractivity contribution in [3.05, 3.63) is 65.5 Å². The summed E-state index contributed by atoms with van der Waals surface area (Å²) in [6.45, 7) is 3.13. The average molecular weight is 403 g/mol. The number of nitrogens with zero attached hydrogens (tertiary/aromatic N) is 4. The van der Waals surface area contributed by atoms with E-state index in [0.29, 0.717) is 42.5 Å². The van der Waals surface area contributed by atoms with Crippen molar-refractivity contribution in [1.82, 2.24) is 19.6 Å². The Morgan fingerprint density at radius 2 is 2.00 bits per heavy atom. The van der Waals surface area contributed by atoms with E-state index in [0.717, 1.165) is 28.1 Å². The van der Waals surface area contributed by atoms with E-state index in [1.807, 2.05) is 29.5 Å². The van der Waals surface area contributed by atoms with Crippen molar-refractivity contribution in [2.75, 3.05) is 18.5 Å². The number of anilines is 1. The molecule has 8 heteroatoms. The maximum absolute atomic E-state index is 14.7. The molecule has 30 heavy (non-hydrogen) atoms. The minimum Gasteiger partial charge on any atom is -0.493 e. The minimum absolute atomic E-state index is 0.0262. The van der Waals surface area contributed by atoms with E-state index in [4.69, 9.17) is 9.47 Å². The highest BCUT2D eigenvalue weighted by atomic mass is 19.1. The molecular formula is C22H18FN5O2. The third kappa shape index (κ3) is 2.53. The van der Waals surface area contributed by atoms with Gasteiger partial charge in [0, 0.05) is 35.1 Å². The molecule has 0 bridgehead atoms. The number of ether oxygens (including phenoxy) is 2. The molecule has 5 heterocycles. The van der Waals surface area contributed by atoms with Gasteiger partial charge in [-0.1, -0.05) is 0 Å². The molecule has 0 unspecified atom stereocenters. The highest BCUT2D eigenvalue weighted by Gasteiger charge is 2.31. The molecule has 0 fully saturated rings. The van der Waals surface area contributed by atoms with E-state index in [1.165, 1.54) is 6.07 Å². The van der Waals surface area contributed by atoms with Gasteiger partial charge in [0.25, 0.3) is 0 Å². The predicted molar refractivity (Wildman–Crippen MR) is 108 cm³/mol. The Bertz CT molecular complexity index is 1300. The van der Waals surface area contributed by atoms with Crippen LogP contribution in [0.1, 0.15) is 22.7 Å². The predicted octanol–water partition coefficient (Wildman–Crippen LogP) is 3.72. The number of fused-ring (bicyclic) bond motifs is 3. The van der Waals surface area contributed by atoms with E-state index in [-0.39, 0.29) is 11.7 Å². The summed E-state index contributed by atoms with van der Waals surface area (Å²) in [6.07, 6.45) is 3.41. The zero-order valence-electron chi connectivity index (χ0n) is 16.2. The number of nitrogens with one attached hydrogen (secondary N) is 1. The molecule has 1 aromatic carbocycles. The SMILES string of the molecule is Cc1cc(-c2cc3c(n4cnnc24)NCc2c(F)ccc4c2[C@H](CO4)CO3)ccn1. The van der Waals surface area contributed by atoms with Gasteiger partial charge in [0.2, 0.25) is 0 Å². The first-order valence-corrected chi connectivity index (χ1v) is 9.79. The Labute approximate surface area is 171 Å². The molecule has 7 nitrogen and oxygen atoms in total. The summed E-state index contributed by atoms with van der Waals surface area (Å²) >= 11 is 0. The van der Waals surface area contributed by atoms with E-state index in [9.17, 15) is 4.39 Å². The van der Waals surface area contributed by atoms with Crippen LogP contribution in [0.2, 0.25) is 0 Å². The first-order chi connectivity index (χ1) is 14.7. The second-order valence-electron chi connectivity index (χ2n) is 7.59. The Hall–Kier alpha value is -3.68. The summed E-state index contributed by atoms with van der Waals surface area (Å²) in [7, 11) is 0. The van der Waals surface area contributed by atoms with Crippen LogP contribution in [0.3, 0.4) is 0 Å². The van der Waals surface area contributed by atoms with E-state index < -0.39 is 0 Å². The molecule has 2 aliphatic heterocycles.